The van der Waals surface area contributed by atoms with Gasteiger partial charge in [-0.15, -0.1) is 0 Å². The third-order valence-corrected chi connectivity index (χ3v) is 3.26. The molecule has 9 N–H and O–H groups in total. The first-order valence-electron chi connectivity index (χ1n) is 6.70. The Bertz CT molecular complexity index is 606. The molecule has 23 heavy (non-hydrogen) atoms. The van der Waals surface area contributed by atoms with Crippen molar-refractivity contribution >= 4 is 18.0 Å². The van der Waals surface area contributed by atoms with E-state index in [4.69, 9.17) is 28.3 Å². The zero-order valence-corrected chi connectivity index (χ0v) is 12.4. The van der Waals surface area contributed by atoms with Crippen LogP contribution in [0.15, 0.2) is 18.2 Å². The van der Waals surface area contributed by atoms with E-state index in [-0.39, 0.29) is 18.7 Å². The molecule has 0 saturated carbocycles. The predicted molar refractivity (Wildman–Crippen MR) is 81.8 cm³/mol. The number of carboxylic acid groups (broad SMARTS) is 1. The van der Waals surface area contributed by atoms with Gasteiger partial charge in [-0.25, -0.2) is 26.1 Å². The van der Waals surface area contributed by atoms with Gasteiger partial charge >= 0.3 is 18.0 Å². The van der Waals surface area contributed by atoms with Gasteiger partial charge in [0.15, 0.2) is 0 Å². The lowest BCUT2D eigenvalue weighted by atomic mass is 9.98. The molecule has 4 amide bonds. The molecule has 0 atom stereocenters. The van der Waals surface area contributed by atoms with Gasteiger partial charge in [-0.1, -0.05) is 6.07 Å². The normalized spacial score (nSPS) is 10.2. The second-order valence-electron chi connectivity index (χ2n) is 4.85. The van der Waals surface area contributed by atoms with Crippen molar-refractivity contribution in [3.8, 4) is 0 Å². The third-order valence-electron chi connectivity index (χ3n) is 3.26. The fraction of sp³-hybridized carbons (Fsp3) is 0.308. The predicted octanol–water partition coefficient (Wildman–Crippen LogP) is -1.02. The second-order valence-corrected chi connectivity index (χ2v) is 4.85. The van der Waals surface area contributed by atoms with Crippen molar-refractivity contribution in [2.45, 2.75) is 12.8 Å². The molecule has 0 unspecified atom stereocenters. The Labute approximate surface area is 132 Å². The Morgan fingerprint density at radius 1 is 0.913 bits per heavy atom. The summed E-state index contributed by atoms with van der Waals surface area (Å²) in [5.41, 5.74) is 11.6. The van der Waals surface area contributed by atoms with Crippen molar-refractivity contribution in [1.29, 1.82) is 0 Å². The quantitative estimate of drug-likeness (QED) is 0.243. The number of carboxylic acids is 1. The topological polar surface area (TPSA) is 182 Å². The lowest BCUT2D eigenvalue weighted by molar-refractivity contribution is 0.0696. The molecule has 0 heterocycles. The molecule has 0 saturated heterocycles. The van der Waals surface area contributed by atoms with E-state index >= 15 is 0 Å². The van der Waals surface area contributed by atoms with Crippen molar-refractivity contribution in [3.63, 3.8) is 0 Å². The smallest absolute Gasteiger partial charge is 0.335 e. The van der Waals surface area contributed by atoms with Crippen LogP contribution in [0.3, 0.4) is 0 Å². The summed E-state index contributed by atoms with van der Waals surface area (Å²) in [5.74, 6) is 9.78. The molecular weight excluding hydrogens is 304 g/mol. The summed E-state index contributed by atoms with van der Waals surface area (Å²) in [6, 6.07) is 3.00. The number of hydrogen-bond donors (Lipinski definition) is 5. The molecular formula is C13H20N6O4. The molecule has 0 spiro atoms. The number of nitrogens with two attached hydrogens (primary N) is 4. The molecule has 0 aromatic heterocycles. The van der Waals surface area contributed by atoms with Crippen LogP contribution >= 0.6 is 0 Å². The largest absolute Gasteiger partial charge is 0.478 e. The molecule has 1 aromatic carbocycles. The first-order chi connectivity index (χ1) is 10.7. The Balaban J connectivity index is 2.92. The molecule has 0 radical (unpaired) electrons. The van der Waals surface area contributed by atoms with E-state index in [1.165, 1.54) is 12.1 Å². The molecule has 1 aromatic rings. The number of hydrazine groups is 2. The van der Waals surface area contributed by atoms with Gasteiger partial charge in [-0.3, -0.25) is 10.0 Å². The maximum absolute atomic E-state index is 11.1. The van der Waals surface area contributed by atoms with Crippen LogP contribution in [0.25, 0.3) is 0 Å². The minimum atomic E-state index is -1.07. The molecule has 10 nitrogen and oxygen atoms in total. The van der Waals surface area contributed by atoms with Crippen molar-refractivity contribution < 1.29 is 19.5 Å². The van der Waals surface area contributed by atoms with Crippen molar-refractivity contribution in [2.24, 2.45) is 23.2 Å². The van der Waals surface area contributed by atoms with Crippen LogP contribution in [-0.2, 0) is 12.8 Å². The number of rotatable bonds is 7. The standard InChI is InChI=1S/C13H20N6O4/c14-12(22)18(16)5-3-8-1-2-10(11(20)21)7-9(8)4-6-19(17)13(15)23/h1-2,7H,3-6,16-17H2,(H2,14,22)(H2,15,23)(H,20,21). The number of benzene rings is 1. The average Bonchev–Trinajstić information content (AvgIpc) is 2.49. The van der Waals surface area contributed by atoms with Gasteiger partial charge in [0.05, 0.1) is 5.56 Å². The number of carbonyl (C=O) groups excluding carboxylic acids is 2. The summed E-state index contributed by atoms with van der Waals surface area (Å²) in [7, 11) is 0. The lowest BCUT2D eigenvalue weighted by Gasteiger charge is -2.18. The molecule has 10 heteroatoms. The number of aromatic carboxylic acids is 1. The van der Waals surface area contributed by atoms with Crippen LogP contribution in [-0.4, -0.2) is 46.2 Å². The molecule has 126 valence electrons. The van der Waals surface area contributed by atoms with E-state index in [0.29, 0.717) is 18.4 Å². The van der Waals surface area contributed by atoms with Crippen molar-refractivity contribution in [2.75, 3.05) is 13.1 Å². The fourth-order valence-corrected chi connectivity index (χ4v) is 1.94. The van der Waals surface area contributed by atoms with Crippen LogP contribution in [0.4, 0.5) is 9.59 Å². The highest BCUT2D eigenvalue weighted by molar-refractivity contribution is 5.87. The Kier molecular flexibility index (Phi) is 6.30. The average molecular weight is 324 g/mol. The van der Waals surface area contributed by atoms with Gasteiger partial charge in [0.1, 0.15) is 0 Å². The summed E-state index contributed by atoms with van der Waals surface area (Å²) < 4.78 is 0. The van der Waals surface area contributed by atoms with Crippen molar-refractivity contribution in [1.82, 2.24) is 10.0 Å². The van der Waals surface area contributed by atoms with E-state index in [2.05, 4.69) is 0 Å². The van der Waals surface area contributed by atoms with Crippen LogP contribution < -0.4 is 23.2 Å². The molecule has 0 bridgehead atoms. The second kappa shape index (κ2) is 7.96. The van der Waals surface area contributed by atoms with E-state index in [1.54, 1.807) is 6.07 Å². The molecule has 0 aliphatic carbocycles. The number of nitrogens with zero attached hydrogens (tertiary/aromatic N) is 2. The monoisotopic (exact) mass is 324 g/mol. The summed E-state index contributed by atoms with van der Waals surface area (Å²) in [6.07, 6.45) is 0.673. The number of hydrogen-bond acceptors (Lipinski definition) is 5. The SMILES string of the molecule is NC(=O)N(N)CCc1ccc(C(=O)O)cc1CCN(N)C(N)=O. The van der Waals surface area contributed by atoms with E-state index in [9.17, 15) is 14.4 Å². The van der Waals surface area contributed by atoms with Gasteiger partial charge in [0.2, 0.25) is 0 Å². The van der Waals surface area contributed by atoms with Crippen LogP contribution in [0, 0.1) is 0 Å². The van der Waals surface area contributed by atoms with Crippen LogP contribution in [0.2, 0.25) is 0 Å². The number of carbonyl (C=O) groups is 3. The summed E-state index contributed by atoms with van der Waals surface area (Å²) in [5, 5.41) is 10.7. The summed E-state index contributed by atoms with van der Waals surface area (Å²) in [4.78, 5) is 32.9. The number of amides is 4. The molecule has 0 fully saturated rings. The van der Waals surface area contributed by atoms with Crippen molar-refractivity contribution in [3.05, 3.63) is 34.9 Å². The highest BCUT2D eigenvalue weighted by atomic mass is 16.4. The minimum absolute atomic E-state index is 0.103. The number of urea groups is 2. The maximum atomic E-state index is 11.1. The van der Waals surface area contributed by atoms with Gasteiger partial charge < -0.3 is 16.6 Å². The fourth-order valence-electron chi connectivity index (χ4n) is 1.94. The summed E-state index contributed by atoms with van der Waals surface area (Å²) in [6.45, 7) is 0.282. The van der Waals surface area contributed by atoms with E-state index in [1.807, 2.05) is 0 Å². The molecule has 0 aliphatic heterocycles. The minimum Gasteiger partial charge on any atom is -0.478 e. The van der Waals surface area contributed by atoms with E-state index in [0.717, 1.165) is 15.6 Å². The first-order valence-corrected chi connectivity index (χ1v) is 6.70. The van der Waals surface area contributed by atoms with Gasteiger partial charge in [0.25, 0.3) is 0 Å². The Hall–Kier alpha value is -2.85. The zero-order valence-electron chi connectivity index (χ0n) is 12.4. The summed E-state index contributed by atoms with van der Waals surface area (Å²) >= 11 is 0. The van der Waals surface area contributed by atoms with Crippen LogP contribution in [0.1, 0.15) is 21.5 Å². The zero-order chi connectivity index (χ0) is 17.6. The lowest BCUT2D eigenvalue weighted by Crippen LogP contribution is -2.43. The number of primary amides is 2. The Morgan fingerprint density at radius 2 is 1.39 bits per heavy atom. The molecule has 1 rings (SSSR count). The Morgan fingerprint density at radius 3 is 1.83 bits per heavy atom. The maximum Gasteiger partial charge on any atom is 0.335 e. The van der Waals surface area contributed by atoms with Gasteiger partial charge in [0, 0.05) is 13.1 Å². The van der Waals surface area contributed by atoms with Gasteiger partial charge in [-0.2, -0.15) is 0 Å². The van der Waals surface area contributed by atoms with E-state index < -0.39 is 18.0 Å². The highest BCUT2D eigenvalue weighted by Crippen LogP contribution is 2.15. The third kappa shape index (κ3) is 5.45. The van der Waals surface area contributed by atoms with Gasteiger partial charge in [-0.05, 0) is 36.1 Å². The highest BCUT2D eigenvalue weighted by Gasteiger charge is 2.12. The first kappa shape index (κ1) is 18.2. The van der Waals surface area contributed by atoms with Crippen LogP contribution in [0.5, 0.6) is 0 Å². The molecule has 0 aliphatic rings.